The van der Waals surface area contributed by atoms with Gasteiger partial charge in [-0.15, -0.1) is 0 Å². The highest BCUT2D eigenvalue weighted by Crippen LogP contribution is 2.28. The summed E-state index contributed by atoms with van der Waals surface area (Å²) in [6, 6.07) is 5.13. The summed E-state index contributed by atoms with van der Waals surface area (Å²) in [6.45, 7) is 0.627. The van der Waals surface area contributed by atoms with Crippen LogP contribution in [0.25, 0.3) is 0 Å². The van der Waals surface area contributed by atoms with Crippen molar-refractivity contribution >= 4 is 15.9 Å². The van der Waals surface area contributed by atoms with Crippen molar-refractivity contribution in [3.63, 3.8) is 0 Å². The molecule has 0 spiro atoms. The number of benzene rings is 1. The zero-order valence-electron chi connectivity index (χ0n) is 7.91. The quantitative estimate of drug-likeness (QED) is 0.773. The number of aromatic hydroxyl groups is 1. The summed E-state index contributed by atoms with van der Waals surface area (Å²) in [5, 5.41) is 9.57. The van der Waals surface area contributed by atoms with Gasteiger partial charge in [-0.05, 0) is 37.6 Å². The van der Waals surface area contributed by atoms with E-state index in [4.69, 9.17) is 11.5 Å². The summed E-state index contributed by atoms with van der Waals surface area (Å²) in [4.78, 5) is 0. The summed E-state index contributed by atoms with van der Waals surface area (Å²) in [5.74, 6) is 0.248. The first-order chi connectivity index (χ1) is 6.65. The van der Waals surface area contributed by atoms with Crippen LogP contribution in [0.3, 0.4) is 0 Å². The van der Waals surface area contributed by atoms with Gasteiger partial charge in [0.05, 0.1) is 0 Å². The topological polar surface area (TPSA) is 72.3 Å². The van der Waals surface area contributed by atoms with Crippen molar-refractivity contribution in [2.75, 3.05) is 6.54 Å². The third kappa shape index (κ3) is 2.97. The molecule has 78 valence electrons. The molecule has 5 N–H and O–H groups in total. The summed E-state index contributed by atoms with van der Waals surface area (Å²) < 4.78 is 0.925. The van der Waals surface area contributed by atoms with E-state index < -0.39 is 0 Å². The van der Waals surface area contributed by atoms with Crippen molar-refractivity contribution in [1.82, 2.24) is 0 Å². The van der Waals surface area contributed by atoms with Crippen molar-refractivity contribution in [2.45, 2.75) is 18.9 Å². The third-order valence-electron chi connectivity index (χ3n) is 2.11. The molecular formula is C10H15BrN2O. The normalized spacial score (nSPS) is 12.8. The molecule has 0 aliphatic carbocycles. The molecule has 4 heteroatoms. The SMILES string of the molecule is NCCC[C@H](N)c1cc(Br)ccc1O. The Balaban J connectivity index is 2.77. The molecule has 0 saturated heterocycles. The zero-order valence-corrected chi connectivity index (χ0v) is 9.50. The summed E-state index contributed by atoms with van der Waals surface area (Å²) in [5.41, 5.74) is 12.1. The molecule has 0 radical (unpaired) electrons. The Morgan fingerprint density at radius 3 is 2.79 bits per heavy atom. The molecular weight excluding hydrogens is 244 g/mol. The standard InChI is InChI=1S/C10H15BrN2O/c11-7-3-4-10(14)8(6-7)9(13)2-1-5-12/h3-4,6,9,14H,1-2,5,12-13H2/t9-/m0/s1. The van der Waals surface area contributed by atoms with E-state index in [0.717, 1.165) is 22.9 Å². The highest BCUT2D eigenvalue weighted by atomic mass is 79.9. The Kier molecular flexibility index (Phi) is 4.38. The first kappa shape index (κ1) is 11.5. The van der Waals surface area contributed by atoms with Crippen LogP contribution in [0.5, 0.6) is 5.75 Å². The number of nitrogens with two attached hydrogens (primary N) is 2. The van der Waals surface area contributed by atoms with Gasteiger partial charge in [0, 0.05) is 16.1 Å². The Hall–Kier alpha value is -0.580. The summed E-state index contributed by atoms with van der Waals surface area (Å²) >= 11 is 3.34. The second kappa shape index (κ2) is 5.34. The van der Waals surface area contributed by atoms with Crippen LogP contribution in [0.2, 0.25) is 0 Å². The molecule has 1 rings (SSSR count). The number of rotatable bonds is 4. The first-order valence-corrected chi connectivity index (χ1v) is 5.38. The van der Waals surface area contributed by atoms with Crippen LogP contribution in [0.1, 0.15) is 24.4 Å². The van der Waals surface area contributed by atoms with Crippen LogP contribution in [0.15, 0.2) is 22.7 Å². The minimum absolute atomic E-state index is 0.143. The van der Waals surface area contributed by atoms with Gasteiger partial charge in [0.1, 0.15) is 5.75 Å². The van der Waals surface area contributed by atoms with Gasteiger partial charge in [-0.25, -0.2) is 0 Å². The molecule has 0 saturated carbocycles. The lowest BCUT2D eigenvalue weighted by Gasteiger charge is -2.13. The Morgan fingerprint density at radius 2 is 2.14 bits per heavy atom. The van der Waals surface area contributed by atoms with E-state index in [0.29, 0.717) is 6.54 Å². The molecule has 0 heterocycles. The minimum Gasteiger partial charge on any atom is -0.508 e. The molecule has 1 aromatic rings. The lowest BCUT2D eigenvalue weighted by atomic mass is 10.0. The molecule has 0 aliphatic heterocycles. The zero-order chi connectivity index (χ0) is 10.6. The van der Waals surface area contributed by atoms with E-state index in [-0.39, 0.29) is 11.8 Å². The summed E-state index contributed by atoms with van der Waals surface area (Å²) in [7, 11) is 0. The molecule has 3 nitrogen and oxygen atoms in total. The van der Waals surface area contributed by atoms with Crippen LogP contribution in [0, 0.1) is 0 Å². The second-order valence-corrected chi connectivity index (χ2v) is 4.16. The molecule has 1 aromatic carbocycles. The van der Waals surface area contributed by atoms with Crippen LogP contribution >= 0.6 is 15.9 Å². The van der Waals surface area contributed by atoms with E-state index in [9.17, 15) is 5.11 Å². The van der Waals surface area contributed by atoms with Crippen molar-refractivity contribution in [1.29, 1.82) is 0 Å². The number of phenolic OH excluding ortho intramolecular Hbond substituents is 1. The lowest BCUT2D eigenvalue weighted by Crippen LogP contribution is -2.12. The van der Waals surface area contributed by atoms with Gasteiger partial charge in [-0.1, -0.05) is 15.9 Å². The smallest absolute Gasteiger partial charge is 0.120 e. The van der Waals surface area contributed by atoms with Crippen molar-refractivity contribution in [3.8, 4) is 5.75 Å². The minimum atomic E-state index is -0.143. The fourth-order valence-corrected chi connectivity index (χ4v) is 1.69. The molecule has 0 bridgehead atoms. The predicted molar refractivity (Wildman–Crippen MR) is 61.0 cm³/mol. The van der Waals surface area contributed by atoms with Crippen LogP contribution in [-0.2, 0) is 0 Å². The maximum Gasteiger partial charge on any atom is 0.120 e. The van der Waals surface area contributed by atoms with Gasteiger partial charge in [0.25, 0.3) is 0 Å². The van der Waals surface area contributed by atoms with Crippen LogP contribution < -0.4 is 11.5 Å². The van der Waals surface area contributed by atoms with Crippen LogP contribution in [-0.4, -0.2) is 11.7 Å². The number of halogens is 1. The van der Waals surface area contributed by atoms with Crippen molar-refractivity contribution in [3.05, 3.63) is 28.2 Å². The molecule has 0 amide bonds. The largest absolute Gasteiger partial charge is 0.508 e. The number of hydrogen-bond donors (Lipinski definition) is 3. The number of hydrogen-bond acceptors (Lipinski definition) is 3. The van der Waals surface area contributed by atoms with E-state index >= 15 is 0 Å². The van der Waals surface area contributed by atoms with Gasteiger partial charge >= 0.3 is 0 Å². The van der Waals surface area contributed by atoms with E-state index in [1.807, 2.05) is 6.07 Å². The van der Waals surface area contributed by atoms with Crippen molar-refractivity contribution in [2.24, 2.45) is 11.5 Å². The molecule has 0 aromatic heterocycles. The maximum atomic E-state index is 9.57. The average molecular weight is 259 g/mol. The molecule has 14 heavy (non-hydrogen) atoms. The Bertz CT molecular complexity index is 304. The van der Waals surface area contributed by atoms with Gasteiger partial charge in [0.15, 0.2) is 0 Å². The van der Waals surface area contributed by atoms with Crippen molar-refractivity contribution < 1.29 is 5.11 Å². The fraction of sp³-hybridized carbons (Fsp3) is 0.400. The van der Waals surface area contributed by atoms with E-state index in [1.54, 1.807) is 12.1 Å². The highest BCUT2D eigenvalue weighted by Gasteiger charge is 2.10. The summed E-state index contributed by atoms with van der Waals surface area (Å²) in [6.07, 6.45) is 1.66. The molecule has 0 unspecified atom stereocenters. The predicted octanol–water partition coefficient (Wildman–Crippen LogP) is 1.89. The van der Waals surface area contributed by atoms with E-state index in [2.05, 4.69) is 15.9 Å². The molecule has 1 atom stereocenters. The lowest BCUT2D eigenvalue weighted by molar-refractivity contribution is 0.457. The monoisotopic (exact) mass is 258 g/mol. The highest BCUT2D eigenvalue weighted by molar-refractivity contribution is 9.10. The first-order valence-electron chi connectivity index (χ1n) is 4.59. The fourth-order valence-electron chi connectivity index (χ4n) is 1.32. The number of phenols is 1. The van der Waals surface area contributed by atoms with Crippen LogP contribution in [0.4, 0.5) is 0 Å². The third-order valence-corrected chi connectivity index (χ3v) is 2.60. The van der Waals surface area contributed by atoms with Gasteiger partial charge in [-0.2, -0.15) is 0 Å². The average Bonchev–Trinajstić information content (AvgIpc) is 2.18. The van der Waals surface area contributed by atoms with Gasteiger partial charge in [0.2, 0.25) is 0 Å². The second-order valence-electron chi connectivity index (χ2n) is 3.24. The van der Waals surface area contributed by atoms with E-state index in [1.165, 1.54) is 0 Å². The van der Waals surface area contributed by atoms with Gasteiger partial charge in [-0.3, -0.25) is 0 Å². The molecule has 0 aliphatic rings. The maximum absolute atomic E-state index is 9.57. The molecule has 0 fully saturated rings. The Labute approximate surface area is 92.2 Å². The Morgan fingerprint density at radius 1 is 1.43 bits per heavy atom. The van der Waals surface area contributed by atoms with Gasteiger partial charge < -0.3 is 16.6 Å².